The number of tetrazole rings is 1. The van der Waals surface area contributed by atoms with E-state index in [0.717, 1.165) is 6.07 Å². The van der Waals surface area contributed by atoms with E-state index in [1.807, 2.05) is 0 Å². The lowest BCUT2D eigenvalue weighted by Crippen LogP contribution is -2.24. The van der Waals surface area contributed by atoms with E-state index in [9.17, 15) is 21.6 Å². The Morgan fingerprint density at radius 1 is 1.25 bits per heavy atom. The van der Waals surface area contributed by atoms with Crippen molar-refractivity contribution in [3.63, 3.8) is 0 Å². The van der Waals surface area contributed by atoms with Crippen LogP contribution >= 0.6 is 0 Å². The number of halogens is 3. The van der Waals surface area contributed by atoms with Crippen LogP contribution in [0.15, 0.2) is 29.2 Å². The molecule has 0 spiro atoms. The lowest BCUT2D eigenvalue weighted by atomic mass is 10.3. The zero-order valence-electron chi connectivity index (χ0n) is 9.72. The number of anilines is 1. The summed E-state index contributed by atoms with van der Waals surface area (Å²) >= 11 is 0. The normalized spacial score (nSPS) is 12.3. The highest BCUT2D eigenvalue weighted by Gasteiger charge is 2.47. The van der Waals surface area contributed by atoms with Crippen molar-refractivity contribution >= 4 is 15.5 Å². The Bertz CT molecular complexity index is 684. The molecule has 0 aliphatic heterocycles. The first kappa shape index (κ1) is 14.2. The first-order chi connectivity index (χ1) is 9.32. The Hall–Kier alpha value is -2.17. The molecule has 1 heterocycles. The van der Waals surface area contributed by atoms with Gasteiger partial charge in [-0.3, -0.25) is 0 Å². The van der Waals surface area contributed by atoms with Gasteiger partial charge in [-0.25, -0.2) is 8.42 Å². The number of nitrogens with one attached hydrogen (secondary N) is 2. The molecule has 1 aromatic carbocycles. The van der Waals surface area contributed by atoms with E-state index in [2.05, 4.69) is 25.9 Å². The van der Waals surface area contributed by atoms with Crippen LogP contribution in [-0.2, 0) is 16.4 Å². The van der Waals surface area contributed by atoms with Gasteiger partial charge in [0.05, 0.1) is 17.1 Å². The summed E-state index contributed by atoms with van der Waals surface area (Å²) in [4.78, 5) is -0.851. The summed E-state index contributed by atoms with van der Waals surface area (Å²) < 4.78 is 60.5. The number of rotatable bonds is 4. The van der Waals surface area contributed by atoms with Gasteiger partial charge in [-0.1, -0.05) is 17.3 Å². The average Bonchev–Trinajstić information content (AvgIpc) is 2.88. The number of aromatic nitrogens is 4. The lowest BCUT2D eigenvalue weighted by molar-refractivity contribution is -0.0435. The van der Waals surface area contributed by atoms with Crippen LogP contribution in [0.25, 0.3) is 0 Å². The summed E-state index contributed by atoms with van der Waals surface area (Å²) in [6.45, 7) is -0.0686. The van der Waals surface area contributed by atoms with Gasteiger partial charge in [-0.2, -0.15) is 18.4 Å². The van der Waals surface area contributed by atoms with Crippen molar-refractivity contribution in [2.24, 2.45) is 0 Å². The summed E-state index contributed by atoms with van der Waals surface area (Å²) in [6.07, 6.45) is 0. The van der Waals surface area contributed by atoms with Crippen LogP contribution in [0.4, 0.5) is 18.9 Å². The van der Waals surface area contributed by atoms with Crippen LogP contribution in [0.1, 0.15) is 5.82 Å². The number of sulfone groups is 1. The Kier molecular flexibility index (Phi) is 3.61. The fourth-order valence-electron chi connectivity index (χ4n) is 1.40. The average molecular weight is 307 g/mol. The second-order valence-electron chi connectivity index (χ2n) is 3.63. The van der Waals surface area contributed by atoms with Gasteiger partial charge in [0.2, 0.25) is 0 Å². The van der Waals surface area contributed by atoms with Gasteiger partial charge >= 0.3 is 5.51 Å². The first-order valence-electron chi connectivity index (χ1n) is 5.19. The molecule has 2 rings (SSSR count). The van der Waals surface area contributed by atoms with Gasteiger partial charge < -0.3 is 5.32 Å². The Morgan fingerprint density at radius 2 is 1.95 bits per heavy atom. The van der Waals surface area contributed by atoms with E-state index < -0.39 is 20.2 Å². The molecule has 2 aromatic rings. The molecule has 1 aromatic heterocycles. The zero-order valence-corrected chi connectivity index (χ0v) is 10.5. The molecule has 20 heavy (non-hydrogen) atoms. The highest BCUT2D eigenvalue weighted by molar-refractivity contribution is 7.92. The predicted molar refractivity (Wildman–Crippen MR) is 61.2 cm³/mol. The van der Waals surface area contributed by atoms with E-state index in [0.29, 0.717) is 0 Å². The molecule has 0 amide bonds. The molecular weight excluding hydrogens is 299 g/mol. The van der Waals surface area contributed by atoms with Crippen molar-refractivity contribution in [1.29, 1.82) is 0 Å². The van der Waals surface area contributed by atoms with Gasteiger partial charge in [-0.05, 0) is 12.1 Å². The van der Waals surface area contributed by atoms with E-state index in [-0.39, 0.29) is 18.1 Å². The summed E-state index contributed by atoms with van der Waals surface area (Å²) in [5, 5.41) is 15.1. The molecule has 0 fully saturated rings. The van der Waals surface area contributed by atoms with Gasteiger partial charge in [0.15, 0.2) is 5.82 Å². The minimum absolute atomic E-state index is 0.0686. The largest absolute Gasteiger partial charge is 0.501 e. The SMILES string of the molecule is O=S(=O)(c1ccccc1NCc1nn[nH]n1)C(F)(F)F. The third kappa shape index (κ3) is 2.71. The highest BCUT2D eigenvalue weighted by Crippen LogP contribution is 2.34. The van der Waals surface area contributed by atoms with Crippen LogP contribution in [0.3, 0.4) is 0 Å². The summed E-state index contributed by atoms with van der Waals surface area (Å²) in [5.74, 6) is 0.184. The number of H-pyrrole nitrogens is 1. The topological polar surface area (TPSA) is 101 Å². The first-order valence-corrected chi connectivity index (χ1v) is 6.67. The molecule has 2 N–H and O–H groups in total. The third-order valence-electron chi connectivity index (χ3n) is 2.31. The molecule has 0 atom stereocenters. The third-order valence-corrected chi connectivity index (χ3v) is 3.85. The number of benzene rings is 1. The van der Waals surface area contributed by atoms with Crippen molar-refractivity contribution in [2.75, 3.05) is 5.32 Å². The van der Waals surface area contributed by atoms with Crippen LogP contribution in [0, 0.1) is 0 Å². The summed E-state index contributed by atoms with van der Waals surface area (Å²) in [6, 6.07) is 4.71. The maximum atomic E-state index is 12.6. The number of alkyl halides is 3. The highest BCUT2D eigenvalue weighted by atomic mass is 32.2. The number of hydrogen-bond acceptors (Lipinski definition) is 6. The Balaban J connectivity index is 2.32. The van der Waals surface area contributed by atoms with Crippen molar-refractivity contribution in [1.82, 2.24) is 20.6 Å². The van der Waals surface area contributed by atoms with E-state index in [1.54, 1.807) is 0 Å². The standard InChI is InChI=1S/C9H8F3N5O2S/c10-9(11,12)20(18,19)7-4-2-1-3-6(7)13-5-8-14-16-17-15-8/h1-4,13H,5H2,(H,14,15,16,17). The quantitative estimate of drug-likeness (QED) is 0.877. The molecular formula is C9H8F3N5O2S. The zero-order chi connectivity index (χ0) is 14.8. The Morgan fingerprint density at radius 3 is 2.55 bits per heavy atom. The summed E-state index contributed by atoms with van der Waals surface area (Å²) in [5.41, 5.74) is -5.55. The van der Waals surface area contributed by atoms with Crippen LogP contribution < -0.4 is 5.32 Å². The van der Waals surface area contributed by atoms with Gasteiger partial charge in [-0.15, -0.1) is 10.2 Å². The molecule has 0 unspecified atom stereocenters. The molecule has 7 nitrogen and oxygen atoms in total. The molecule has 0 saturated carbocycles. The Labute approximate surface area is 111 Å². The van der Waals surface area contributed by atoms with Crippen LogP contribution in [-0.4, -0.2) is 34.6 Å². The smallest absolute Gasteiger partial charge is 0.377 e. The number of para-hydroxylation sites is 1. The summed E-state index contributed by atoms with van der Waals surface area (Å²) in [7, 11) is -5.42. The minimum atomic E-state index is -5.42. The monoisotopic (exact) mass is 307 g/mol. The fraction of sp³-hybridized carbons (Fsp3) is 0.222. The van der Waals surface area contributed by atoms with Crippen LogP contribution in [0.5, 0.6) is 0 Å². The van der Waals surface area contributed by atoms with E-state index in [4.69, 9.17) is 0 Å². The van der Waals surface area contributed by atoms with Gasteiger partial charge in [0.25, 0.3) is 9.84 Å². The number of nitrogens with zero attached hydrogens (tertiary/aromatic N) is 3. The minimum Gasteiger partial charge on any atom is -0.377 e. The molecule has 0 aliphatic rings. The molecule has 0 aliphatic carbocycles. The van der Waals surface area contributed by atoms with E-state index in [1.165, 1.54) is 18.2 Å². The molecule has 0 radical (unpaired) electrons. The predicted octanol–water partition coefficient (Wildman–Crippen LogP) is 1.11. The van der Waals surface area contributed by atoms with Gasteiger partial charge in [0, 0.05) is 0 Å². The molecule has 108 valence electrons. The lowest BCUT2D eigenvalue weighted by Gasteiger charge is -2.13. The fourth-order valence-corrected chi connectivity index (χ4v) is 2.34. The second kappa shape index (κ2) is 5.07. The van der Waals surface area contributed by atoms with Crippen molar-refractivity contribution in [3.8, 4) is 0 Å². The van der Waals surface area contributed by atoms with Crippen molar-refractivity contribution in [2.45, 2.75) is 16.9 Å². The van der Waals surface area contributed by atoms with Crippen molar-refractivity contribution < 1.29 is 21.6 Å². The molecule has 0 saturated heterocycles. The van der Waals surface area contributed by atoms with Gasteiger partial charge in [0.1, 0.15) is 0 Å². The van der Waals surface area contributed by atoms with Crippen LogP contribution in [0.2, 0.25) is 0 Å². The maximum absolute atomic E-state index is 12.6. The molecule has 11 heteroatoms. The molecule has 0 bridgehead atoms. The van der Waals surface area contributed by atoms with Crippen molar-refractivity contribution in [3.05, 3.63) is 30.1 Å². The number of hydrogen-bond donors (Lipinski definition) is 2. The van der Waals surface area contributed by atoms with E-state index >= 15 is 0 Å². The number of aromatic amines is 1. The maximum Gasteiger partial charge on any atom is 0.501 e. The second-order valence-corrected chi connectivity index (χ2v) is 5.54.